The van der Waals surface area contributed by atoms with Crippen LogP contribution in [0.25, 0.3) is 0 Å². The predicted molar refractivity (Wildman–Crippen MR) is 76.7 cm³/mol. The Balaban J connectivity index is 1.98. The first-order chi connectivity index (χ1) is 9.22. The minimum Gasteiger partial charge on any atom is -0.303 e. The maximum Gasteiger partial charge on any atom is 0.140 e. The third kappa shape index (κ3) is 3.41. The van der Waals surface area contributed by atoms with Gasteiger partial charge in [-0.1, -0.05) is 31.2 Å². The Morgan fingerprint density at radius 2 is 2.11 bits per heavy atom. The molecular weight excluding hydrogens is 236 g/mol. The minimum atomic E-state index is 0.313. The van der Waals surface area contributed by atoms with Crippen LogP contribution in [0.5, 0.6) is 0 Å². The third-order valence-corrected chi connectivity index (χ3v) is 3.35. The van der Waals surface area contributed by atoms with Gasteiger partial charge in [-0.2, -0.15) is 5.10 Å². The molecule has 1 atom stereocenters. The molecule has 0 radical (unpaired) electrons. The van der Waals surface area contributed by atoms with Crippen LogP contribution in [0.15, 0.2) is 30.6 Å². The van der Waals surface area contributed by atoms with Crippen molar-refractivity contribution in [2.45, 2.75) is 46.3 Å². The number of rotatable bonds is 6. The van der Waals surface area contributed by atoms with Crippen LogP contribution in [-0.2, 0) is 13.1 Å². The highest BCUT2D eigenvalue weighted by molar-refractivity contribution is 5.28. The van der Waals surface area contributed by atoms with E-state index in [0.717, 1.165) is 25.3 Å². The molecule has 1 N–H and O–H groups in total. The fourth-order valence-electron chi connectivity index (χ4n) is 2.25. The molecule has 19 heavy (non-hydrogen) atoms. The van der Waals surface area contributed by atoms with E-state index in [9.17, 15) is 0 Å². The standard InChI is InChI=1S/C15H22N4/c1-4-9-19-15(17-11-18-19)10-16-13(3)14-8-6-5-7-12(14)2/h5-8,11,13,16H,4,9-10H2,1-3H3. The largest absolute Gasteiger partial charge is 0.303 e. The molecule has 1 unspecified atom stereocenters. The Morgan fingerprint density at radius 1 is 1.32 bits per heavy atom. The van der Waals surface area contributed by atoms with Crippen LogP contribution < -0.4 is 5.32 Å². The summed E-state index contributed by atoms with van der Waals surface area (Å²) in [6.45, 7) is 8.15. The zero-order valence-corrected chi connectivity index (χ0v) is 11.9. The van der Waals surface area contributed by atoms with Crippen molar-refractivity contribution in [3.8, 4) is 0 Å². The summed E-state index contributed by atoms with van der Waals surface area (Å²) in [5.41, 5.74) is 2.65. The van der Waals surface area contributed by atoms with Gasteiger partial charge in [0.25, 0.3) is 0 Å². The molecule has 0 fully saturated rings. The smallest absolute Gasteiger partial charge is 0.140 e. The van der Waals surface area contributed by atoms with E-state index in [0.29, 0.717) is 6.04 Å². The maximum absolute atomic E-state index is 4.31. The number of hydrogen-bond donors (Lipinski definition) is 1. The van der Waals surface area contributed by atoms with Gasteiger partial charge in [0.2, 0.25) is 0 Å². The molecule has 0 aliphatic rings. The summed E-state index contributed by atoms with van der Waals surface area (Å²) in [6.07, 6.45) is 2.70. The molecule has 1 aromatic heterocycles. The van der Waals surface area contributed by atoms with Gasteiger partial charge in [-0.15, -0.1) is 0 Å². The molecule has 102 valence electrons. The van der Waals surface area contributed by atoms with E-state index in [4.69, 9.17) is 0 Å². The van der Waals surface area contributed by atoms with Crippen molar-refractivity contribution in [1.29, 1.82) is 0 Å². The number of aryl methyl sites for hydroxylation is 2. The Labute approximate surface area is 114 Å². The van der Waals surface area contributed by atoms with Crippen LogP contribution in [0.3, 0.4) is 0 Å². The van der Waals surface area contributed by atoms with Crippen molar-refractivity contribution in [2.75, 3.05) is 0 Å². The summed E-state index contributed by atoms with van der Waals surface area (Å²) in [5, 5.41) is 7.76. The molecule has 0 aliphatic carbocycles. The monoisotopic (exact) mass is 258 g/mol. The number of nitrogens with one attached hydrogen (secondary N) is 1. The highest BCUT2D eigenvalue weighted by Gasteiger charge is 2.09. The Kier molecular flexibility index (Phi) is 4.68. The Hall–Kier alpha value is -1.68. The van der Waals surface area contributed by atoms with Crippen LogP contribution in [0.2, 0.25) is 0 Å². The lowest BCUT2D eigenvalue weighted by atomic mass is 10.0. The van der Waals surface area contributed by atoms with Gasteiger partial charge in [0.1, 0.15) is 12.2 Å². The molecule has 4 heteroatoms. The number of aromatic nitrogens is 3. The van der Waals surface area contributed by atoms with Gasteiger partial charge < -0.3 is 5.32 Å². The molecule has 1 aromatic carbocycles. The molecule has 0 spiro atoms. The van der Waals surface area contributed by atoms with E-state index < -0.39 is 0 Å². The fourth-order valence-corrected chi connectivity index (χ4v) is 2.25. The molecular formula is C15H22N4. The molecule has 0 aliphatic heterocycles. The van der Waals surface area contributed by atoms with Crippen LogP contribution >= 0.6 is 0 Å². The first-order valence-corrected chi connectivity index (χ1v) is 6.88. The minimum absolute atomic E-state index is 0.313. The predicted octanol–water partition coefficient (Wildman–Crippen LogP) is 2.85. The normalized spacial score (nSPS) is 12.6. The second kappa shape index (κ2) is 6.48. The van der Waals surface area contributed by atoms with Crippen molar-refractivity contribution in [1.82, 2.24) is 20.1 Å². The molecule has 0 saturated carbocycles. The van der Waals surface area contributed by atoms with Gasteiger partial charge in [-0.25, -0.2) is 9.67 Å². The quantitative estimate of drug-likeness (QED) is 0.866. The molecule has 0 bridgehead atoms. The SMILES string of the molecule is CCCn1ncnc1CNC(C)c1ccccc1C. The summed E-state index contributed by atoms with van der Waals surface area (Å²) < 4.78 is 1.97. The van der Waals surface area contributed by atoms with E-state index in [1.54, 1.807) is 6.33 Å². The van der Waals surface area contributed by atoms with Crippen LogP contribution in [0.1, 0.15) is 43.3 Å². The van der Waals surface area contributed by atoms with Crippen LogP contribution in [0.4, 0.5) is 0 Å². The van der Waals surface area contributed by atoms with Crippen molar-refractivity contribution < 1.29 is 0 Å². The summed E-state index contributed by atoms with van der Waals surface area (Å²) in [6, 6.07) is 8.79. The van der Waals surface area contributed by atoms with E-state index in [1.165, 1.54) is 11.1 Å². The molecule has 4 nitrogen and oxygen atoms in total. The molecule has 2 aromatic rings. The summed E-state index contributed by atoms with van der Waals surface area (Å²) in [7, 11) is 0. The van der Waals surface area contributed by atoms with Gasteiger partial charge in [-0.05, 0) is 31.4 Å². The van der Waals surface area contributed by atoms with Crippen molar-refractivity contribution in [3.05, 3.63) is 47.5 Å². The van der Waals surface area contributed by atoms with Gasteiger partial charge in [0.05, 0.1) is 6.54 Å². The maximum atomic E-state index is 4.31. The van der Waals surface area contributed by atoms with Crippen molar-refractivity contribution in [2.24, 2.45) is 0 Å². The van der Waals surface area contributed by atoms with Gasteiger partial charge in [0, 0.05) is 12.6 Å². The number of benzene rings is 1. The van der Waals surface area contributed by atoms with Crippen LogP contribution in [-0.4, -0.2) is 14.8 Å². The Bertz CT molecular complexity index is 518. The molecule has 2 rings (SSSR count). The first-order valence-electron chi connectivity index (χ1n) is 6.88. The van der Waals surface area contributed by atoms with Gasteiger partial charge in [0.15, 0.2) is 0 Å². The highest BCUT2D eigenvalue weighted by Crippen LogP contribution is 2.16. The topological polar surface area (TPSA) is 42.7 Å². The third-order valence-electron chi connectivity index (χ3n) is 3.35. The van der Waals surface area contributed by atoms with E-state index in [2.05, 4.69) is 60.4 Å². The second-order valence-electron chi connectivity index (χ2n) is 4.86. The molecule has 1 heterocycles. The van der Waals surface area contributed by atoms with E-state index >= 15 is 0 Å². The van der Waals surface area contributed by atoms with Crippen LogP contribution in [0, 0.1) is 6.92 Å². The van der Waals surface area contributed by atoms with Crippen molar-refractivity contribution >= 4 is 0 Å². The second-order valence-corrected chi connectivity index (χ2v) is 4.86. The zero-order valence-electron chi connectivity index (χ0n) is 11.9. The summed E-state index contributed by atoms with van der Waals surface area (Å²) in [5.74, 6) is 1.00. The summed E-state index contributed by atoms with van der Waals surface area (Å²) >= 11 is 0. The van der Waals surface area contributed by atoms with Gasteiger partial charge in [-0.3, -0.25) is 0 Å². The van der Waals surface area contributed by atoms with Crippen molar-refractivity contribution in [3.63, 3.8) is 0 Å². The first kappa shape index (κ1) is 13.7. The lowest BCUT2D eigenvalue weighted by Crippen LogP contribution is -2.21. The summed E-state index contributed by atoms with van der Waals surface area (Å²) in [4.78, 5) is 4.31. The van der Waals surface area contributed by atoms with E-state index in [-0.39, 0.29) is 0 Å². The van der Waals surface area contributed by atoms with E-state index in [1.807, 2.05) is 4.68 Å². The molecule has 0 saturated heterocycles. The zero-order chi connectivity index (χ0) is 13.7. The lowest BCUT2D eigenvalue weighted by molar-refractivity contribution is 0.508. The Morgan fingerprint density at radius 3 is 2.84 bits per heavy atom. The lowest BCUT2D eigenvalue weighted by Gasteiger charge is -2.16. The average molecular weight is 258 g/mol. The average Bonchev–Trinajstić information content (AvgIpc) is 2.84. The number of nitrogens with zero attached hydrogens (tertiary/aromatic N) is 3. The highest BCUT2D eigenvalue weighted by atomic mass is 15.3. The molecule has 0 amide bonds. The fraction of sp³-hybridized carbons (Fsp3) is 0.467. The number of hydrogen-bond acceptors (Lipinski definition) is 3. The van der Waals surface area contributed by atoms with Gasteiger partial charge >= 0.3 is 0 Å².